The van der Waals surface area contributed by atoms with E-state index in [1.54, 1.807) is 6.92 Å². The van der Waals surface area contributed by atoms with E-state index in [9.17, 15) is 5.11 Å². The van der Waals surface area contributed by atoms with Gasteiger partial charge in [-0.05, 0) is 31.7 Å². The number of aliphatic hydroxyl groups excluding tert-OH is 1. The Balaban J connectivity index is 1.82. The highest BCUT2D eigenvalue weighted by Crippen LogP contribution is 2.17. The van der Waals surface area contributed by atoms with Crippen LogP contribution >= 0.6 is 0 Å². The van der Waals surface area contributed by atoms with E-state index < -0.39 is 6.10 Å². The summed E-state index contributed by atoms with van der Waals surface area (Å²) in [5.74, 6) is 0.816. The fourth-order valence-corrected chi connectivity index (χ4v) is 2.00. The van der Waals surface area contributed by atoms with Gasteiger partial charge in [0, 0.05) is 13.1 Å². The average molecular weight is 251 g/mol. The lowest BCUT2D eigenvalue weighted by molar-refractivity contribution is -0.0403. The first kappa shape index (κ1) is 13.3. The van der Waals surface area contributed by atoms with Gasteiger partial charge in [-0.3, -0.25) is 0 Å². The summed E-state index contributed by atoms with van der Waals surface area (Å²) in [5.41, 5.74) is 0.899. The Hall–Kier alpha value is -1.10. The van der Waals surface area contributed by atoms with Gasteiger partial charge in [-0.1, -0.05) is 12.1 Å². The Morgan fingerprint density at radius 2 is 2.17 bits per heavy atom. The molecule has 0 bridgehead atoms. The van der Waals surface area contributed by atoms with E-state index >= 15 is 0 Å². The predicted molar refractivity (Wildman–Crippen MR) is 69.8 cm³/mol. The minimum atomic E-state index is -0.436. The van der Waals surface area contributed by atoms with Gasteiger partial charge in [-0.25, -0.2) is 0 Å². The maximum Gasteiger partial charge on any atom is 0.119 e. The number of nitrogens with zero attached hydrogens (tertiary/aromatic N) is 1. The molecule has 1 fully saturated rings. The summed E-state index contributed by atoms with van der Waals surface area (Å²) < 4.78 is 11.3. The number of ether oxygens (including phenoxy) is 2. The van der Waals surface area contributed by atoms with Crippen molar-refractivity contribution >= 4 is 0 Å². The van der Waals surface area contributed by atoms with Crippen LogP contribution in [0.4, 0.5) is 0 Å². The van der Waals surface area contributed by atoms with Gasteiger partial charge in [0.05, 0.1) is 12.7 Å². The van der Waals surface area contributed by atoms with Crippen molar-refractivity contribution in [2.75, 3.05) is 33.4 Å². The summed E-state index contributed by atoms with van der Waals surface area (Å²) in [6.07, 6.45) is -0.297. The van der Waals surface area contributed by atoms with Gasteiger partial charge in [0.15, 0.2) is 0 Å². The van der Waals surface area contributed by atoms with Gasteiger partial charge in [-0.15, -0.1) is 0 Å². The van der Waals surface area contributed by atoms with E-state index in [1.807, 2.05) is 24.3 Å². The Labute approximate surface area is 108 Å². The summed E-state index contributed by atoms with van der Waals surface area (Å²) in [7, 11) is 2.09. The second kappa shape index (κ2) is 6.18. The van der Waals surface area contributed by atoms with Crippen molar-refractivity contribution in [3.8, 4) is 5.75 Å². The van der Waals surface area contributed by atoms with E-state index in [4.69, 9.17) is 9.47 Å². The molecule has 0 aromatic heterocycles. The molecule has 1 N–H and O–H groups in total. The first-order valence-electron chi connectivity index (χ1n) is 6.36. The number of morpholine rings is 1. The molecule has 1 aliphatic rings. The quantitative estimate of drug-likeness (QED) is 0.879. The molecule has 0 saturated carbocycles. The van der Waals surface area contributed by atoms with Crippen LogP contribution in [0.5, 0.6) is 5.75 Å². The van der Waals surface area contributed by atoms with Gasteiger partial charge in [0.25, 0.3) is 0 Å². The Bertz CT molecular complexity index is 364. The van der Waals surface area contributed by atoms with Gasteiger partial charge in [-0.2, -0.15) is 0 Å². The van der Waals surface area contributed by atoms with Gasteiger partial charge >= 0.3 is 0 Å². The molecule has 0 amide bonds. The number of hydrogen-bond acceptors (Lipinski definition) is 4. The van der Waals surface area contributed by atoms with Crippen LogP contribution in [0, 0.1) is 0 Å². The zero-order valence-corrected chi connectivity index (χ0v) is 11.0. The van der Waals surface area contributed by atoms with E-state index in [-0.39, 0.29) is 6.10 Å². The topological polar surface area (TPSA) is 41.9 Å². The SMILES string of the molecule is CC(O)c1ccc(OCC2CN(C)CCO2)cc1. The highest BCUT2D eigenvalue weighted by Gasteiger charge is 2.18. The second-order valence-corrected chi connectivity index (χ2v) is 4.81. The van der Waals surface area contributed by atoms with Crippen molar-refractivity contribution in [3.63, 3.8) is 0 Å². The van der Waals surface area contributed by atoms with Crippen LogP contribution in [-0.2, 0) is 4.74 Å². The standard InChI is InChI=1S/C14H21NO3/c1-11(16)12-3-5-13(6-4-12)18-10-14-9-15(2)7-8-17-14/h3-6,11,14,16H,7-10H2,1-2H3. The summed E-state index contributed by atoms with van der Waals surface area (Å²) >= 11 is 0. The van der Waals surface area contributed by atoms with E-state index in [0.29, 0.717) is 6.61 Å². The maximum absolute atomic E-state index is 9.41. The van der Waals surface area contributed by atoms with Gasteiger partial charge in [0.1, 0.15) is 18.5 Å². The molecule has 1 aromatic rings. The molecule has 18 heavy (non-hydrogen) atoms. The van der Waals surface area contributed by atoms with Crippen LogP contribution in [0.2, 0.25) is 0 Å². The van der Waals surface area contributed by atoms with Gasteiger partial charge in [0.2, 0.25) is 0 Å². The molecule has 4 nitrogen and oxygen atoms in total. The summed E-state index contributed by atoms with van der Waals surface area (Å²) in [4.78, 5) is 2.24. The summed E-state index contributed by atoms with van der Waals surface area (Å²) in [6.45, 7) is 4.98. The van der Waals surface area contributed by atoms with Crippen LogP contribution < -0.4 is 4.74 Å². The smallest absolute Gasteiger partial charge is 0.119 e. The number of benzene rings is 1. The predicted octanol–water partition coefficient (Wildman–Crippen LogP) is 1.45. The molecule has 1 aromatic carbocycles. The van der Waals surface area contributed by atoms with Crippen LogP contribution in [0.1, 0.15) is 18.6 Å². The third kappa shape index (κ3) is 3.70. The van der Waals surface area contributed by atoms with Crippen molar-refractivity contribution in [2.24, 2.45) is 0 Å². The molecule has 0 radical (unpaired) electrons. The summed E-state index contributed by atoms with van der Waals surface area (Å²) in [5, 5.41) is 9.41. The Kier molecular flexibility index (Phi) is 4.58. The fourth-order valence-electron chi connectivity index (χ4n) is 2.00. The zero-order valence-electron chi connectivity index (χ0n) is 11.0. The van der Waals surface area contributed by atoms with Crippen molar-refractivity contribution < 1.29 is 14.6 Å². The lowest BCUT2D eigenvalue weighted by atomic mass is 10.1. The van der Waals surface area contributed by atoms with Crippen molar-refractivity contribution in [3.05, 3.63) is 29.8 Å². The molecule has 0 aliphatic carbocycles. The van der Waals surface area contributed by atoms with Crippen LogP contribution in [0.3, 0.4) is 0 Å². The normalized spacial score (nSPS) is 22.7. The molecule has 1 aliphatic heterocycles. The third-order valence-electron chi connectivity index (χ3n) is 3.14. The van der Waals surface area contributed by atoms with E-state index in [0.717, 1.165) is 31.0 Å². The fraction of sp³-hybridized carbons (Fsp3) is 0.571. The Morgan fingerprint density at radius 3 is 2.78 bits per heavy atom. The third-order valence-corrected chi connectivity index (χ3v) is 3.14. The summed E-state index contributed by atoms with van der Waals surface area (Å²) in [6, 6.07) is 7.53. The van der Waals surface area contributed by atoms with Crippen molar-refractivity contribution in [1.82, 2.24) is 4.90 Å². The molecule has 1 saturated heterocycles. The molecule has 2 unspecified atom stereocenters. The largest absolute Gasteiger partial charge is 0.491 e. The molecular weight excluding hydrogens is 230 g/mol. The Morgan fingerprint density at radius 1 is 1.44 bits per heavy atom. The average Bonchev–Trinajstić information content (AvgIpc) is 2.37. The molecule has 0 spiro atoms. The number of aliphatic hydroxyl groups is 1. The molecule has 100 valence electrons. The number of likely N-dealkylation sites (N-methyl/N-ethyl adjacent to an activating group) is 1. The molecule has 2 rings (SSSR count). The lowest BCUT2D eigenvalue weighted by Gasteiger charge is -2.29. The first-order chi connectivity index (χ1) is 8.65. The molecule has 4 heteroatoms. The molecule has 1 heterocycles. The second-order valence-electron chi connectivity index (χ2n) is 4.81. The number of rotatable bonds is 4. The lowest BCUT2D eigenvalue weighted by Crippen LogP contribution is -2.42. The van der Waals surface area contributed by atoms with Crippen LogP contribution in [0.25, 0.3) is 0 Å². The highest BCUT2D eigenvalue weighted by atomic mass is 16.5. The van der Waals surface area contributed by atoms with Crippen LogP contribution in [0.15, 0.2) is 24.3 Å². The zero-order chi connectivity index (χ0) is 13.0. The monoisotopic (exact) mass is 251 g/mol. The number of hydrogen-bond donors (Lipinski definition) is 1. The molecule has 2 atom stereocenters. The van der Waals surface area contributed by atoms with Crippen LogP contribution in [-0.4, -0.2) is 49.5 Å². The van der Waals surface area contributed by atoms with Gasteiger partial charge < -0.3 is 19.5 Å². The minimum Gasteiger partial charge on any atom is -0.491 e. The van der Waals surface area contributed by atoms with E-state index in [2.05, 4.69) is 11.9 Å². The van der Waals surface area contributed by atoms with Crippen molar-refractivity contribution in [2.45, 2.75) is 19.1 Å². The maximum atomic E-state index is 9.41. The highest BCUT2D eigenvalue weighted by molar-refractivity contribution is 5.28. The van der Waals surface area contributed by atoms with E-state index in [1.165, 1.54) is 0 Å². The minimum absolute atomic E-state index is 0.139. The first-order valence-corrected chi connectivity index (χ1v) is 6.36. The molecular formula is C14H21NO3. The van der Waals surface area contributed by atoms with Crippen molar-refractivity contribution in [1.29, 1.82) is 0 Å².